The first-order valence-corrected chi connectivity index (χ1v) is 6.00. The Bertz CT molecular complexity index is 658. The topological polar surface area (TPSA) is 88.1 Å². The van der Waals surface area contributed by atoms with E-state index in [0.29, 0.717) is 22.9 Å². The Morgan fingerprint density at radius 1 is 1.50 bits per heavy atom. The van der Waals surface area contributed by atoms with E-state index in [0.717, 1.165) is 0 Å². The Hall–Kier alpha value is -2.81. The van der Waals surface area contributed by atoms with Crippen molar-refractivity contribution < 1.29 is 14.1 Å². The van der Waals surface area contributed by atoms with Crippen LogP contribution in [0.4, 0.5) is 5.82 Å². The molecule has 0 aliphatic heterocycles. The molecule has 6 heteroatoms. The van der Waals surface area contributed by atoms with Gasteiger partial charge in [0.25, 0.3) is 5.91 Å². The summed E-state index contributed by atoms with van der Waals surface area (Å²) in [6, 6.07) is 10.3. The van der Waals surface area contributed by atoms with Gasteiger partial charge in [0.15, 0.2) is 11.9 Å². The molecule has 1 atom stereocenters. The highest BCUT2D eigenvalue weighted by Crippen LogP contribution is 2.18. The second kappa shape index (κ2) is 5.89. The Balaban J connectivity index is 2.02. The highest BCUT2D eigenvalue weighted by molar-refractivity contribution is 5.93. The van der Waals surface area contributed by atoms with E-state index in [1.807, 2.05) is 6.07 Å². The van der Waals surface area contributed by atoms with E-state index in [2.05, 4.69) is 10.5 Å². The van der Waals surface area contributed by atoms with Crippen molar-refractivity contribution in [1.82, 2.24) is 5.16 Å². The van der Waals surface area contributed by atoms with Crippen molar-refractivity contribution >= 4 is 11.7 Å². The van der Waals surface area contributed by atoms with Crippen molar-refractivity contribution in [3.8, 4) is 11.8 Å². The van der Waals surface area contributed by atoms with Gasteiger partial charge in [-0.2, -0.15) is 5.26 Å². The lowest BCUT2D eigenvalue weighted by Gasteiger charge is -2.14. The molecule has 0 spiro atoms. The zero-order valence-electron chi connectivity index (χ0n) is 11.1. The predicted molar refractivity (Wildman–Crippen MR) is 71.1 cm³/mol. The summed E-state index contributed by atoms with van der Waals surface area (Å²) in [4.78, 5) is 11.9. The van der Waals surface area contributed by atoms with Gasteiger partial charge in [-0.15, -0.1) is 0 Å². The molecular formula is C14H13N3O3. The van der Waals surface area contributed by atoms with Crippen molar-refractivity contribution in [2.45, 2.75) is 20.0 Å². The van der Waals surface area contributed by atoms with Crippen LogP contribution in [-0.4, -0.2) is 17.2 Å². The molecule has 0 unspecified atom stereocenters. The van der Waals surface area contributed by atoms with Crippen LogP contribution in [0.15, 0.2) is 34.9 Å². The fourth-order valence-corrected chi connectivity index (χ4v) is 1.56. The Kier molecular flexibility index (Phi) is 4.01. The summed E-state index contributed by atoms with van der Waals surface area (Å²) in [6.07, 6.45) is -0.762. The molecule has 0 saturated carbocycles. The number of nitrogens with zero attached hydrogens (tertiary/aromatic N) is 2. The SMILES string of the molecule is Cc1cc(NC(=O)[C@H](C)Oc2ccccc2C#N)no1. The second-order valence-corrected chi connectivity index (χ2v) is 4.18. The van der Waals surface area contributed by atoms with Gasteiger partial charge in [-0.3, -0.25) is 4.79 Å². The van der Waals surface area contributed by atoms with E-state index in [4.69, 9.17) is 14.5 Å². The number of benzene rings is 1. The molecule has 0 radical (unpaired) electrons. The summed E-state index contributed by atoms with van der Waals surface area (Å²) in [7, 11) is 0. The zero-order valence-corrected chi connectivity index (χ0v) is 11.1. The van der Waals surface area contributed by atoms with Crippen LogP contribution in [0, 0.1) is 18.3 Å². The summed E-state index contributed by atoms with van der Waals surface area (Å²) >= 11 is 0. The van der Waals surface area contributed by atoms with Crippen LogP contribution in [0.2, 0.25) is 0 Å². The van der Waals surface area contributed by atoms with Crippen LogP contribution in [0.5, 0.6) is 5.75 Å². The van der Waals surface area contributed by atoms with Gasteiger partial charge >= 0.3 is 0 Å². The number of carbonyl (C=O) groups excluding carboxylic acids is 1. The van der Waals surface area contributed by atoms with Crippen molar-refractivity contribution in [2.24, 2.45) is 0 Å². The van der Waals surface area contributed by atoms with E-state index in [9.17, 15) is 4.79 Å². The molecule has 2 aromatic rings. The van der Waals surface area contributed by atoms with E-state index in [-0.39, 0.29) is 5.91 Å². The molecule has 20 heavy (non-hydrogen) atoms. The minimum absolute atomic E-state index is 0.330. The number of hydrogen-bond donors (Lipinski definition) is 1. The minimum atomic E-state index is -0.762. The lowest BCUT2D eigenvalue weighted by Crippen LogP contribution is -2.30. The Morgan fingerprint density at radius 3 is 2.90 bits per heavy atom. The van der Waals surface area contributed by atoms with Gasteiger partial charge in [0.2, 0.25) is 0 Å². The number of amides is 1. The molecule has 0 bridgehead atoms. The van der Waals surface area contributed by atoms with Crippen molar-refractivity contribution in [1.29, 1.82) is 5.26 Å². The number of para-hydroxylation sites is 1. The number of rotatable bonds is 4. The Labute approximate surface area is 115 Å². The average Bonchev–Trinajstić information content (AvgIpc) is 2.84. The summed E-state index contributed by atoms with van der Waals surface area (Å²) in [6.45, 7) is 3.32. The monoisotopic (exact) mass is 271 g/mol. The molecular weight excluding hydrogens is 258 g/mol. The van der Waals surface area contributed by atoms with Crippen LogP contribution in [0.1, 0.15) is 18.2 Å². The lowest BCUT2D eigenvalue weighted by molar-refractivity contribution is -0.122. The highest BCUT2D eigenvalue weighted by atomic mass is 16.5. The third kappa shape index (κ3) is 3.14. The van der Waals surface area contributed by atoms with E-state index in [1.54, 1.807) is 44.2 Å². The van der Waals surface area contributed by atoms with Crippen LogP contribution < -0.4 is 10.1 Å². The van der Waals surface area contributed by atoms with Crippen LogP contribution in [0.25, 0.3) is 0 Å². The fourth-order valence-electron chi connectivity index (χ4n) is 1.56. The molecule has 1 aromatic carbocycles. The van der Waals surface area contributed by atoms with Gasteiger partial charge in [-0.05, 0) is 26.0 Å². The van der Waals surface area contributed by atoms with E-state index in [1.165, 1.54) is 0 Å². The normalized spacial score (nSPS) is 11.4. The maximum absolute atomic E-state index is 11.9. The summed E-state index contributed by atoms with van der Waals surface area (Å²) in [5, 5.41) is 15.2. The number of aryl methyl sites for hydroxylation is 1. The number of nitriles is 1. The minimum Gasteiger partial charge on any atom is -0.480 e. The smallest absolute Gasteiger partial charge is 0.266 e. The quantitative estimate of drug-likeness (QED) is 0.921. The number of ether oxygens (including phenoxy) is 1. The largest absolute Gasteiger partial charge is 0.480 e. The number of carbonyl (C=O) groups is 1. The van der Waals surface area contributed by atoms with Crippen molar-refractivity contribution in [2.75, 3.05) is 5.32 Å². The first-order valence-electron chi connectivity index (χ1n) is 6.00. The maximum atomic E-state index is 11.9. The lowest BCUT2D eigenvalue weighted by atomic mass is 10.2. The van der Waals surface area contributed by atoms with Gasteiger partial charge in [0.1, 0.15) is 17.6 Å². The van der Waals surface area contributed by atoms with Crippen LogP contribution in [0.3, 0.4) is 0 Å². The molecule has 6 nitrogen and oxygen atoms in total. The number of hydrogen-bond acceptors (Lipinski definition) is 5. The summed E-state index contributed by atoms with van der Waals surface area (Å²) in [5.41, 5.74) is 0.379. The molecule has 1 heterocycles. The van der Waals surface area contributed by atoms with Crippen molar-refractivity contribution in [3.05, 3.63) is 41.7 Å². The van der Waals surface area contributed by atoms with Crippen molar-refractivity contribution in [3.63, 3.8) is 0 Å². The average molecular weight is 271 g/mol. The fraction of sp³-hybridized carbons (Fsp3) is 0.214. The molecule has 0 saturated heterocycles. The second-order valence-electron chi connectivity index (χ2n) is 4.18. The summed E-state index contributed by atoms with van der Waals surface area (Å²) < 4.78 is 10.3. The van der Waals surface area contributed by atoms with Gasteiger partial charge in [0, 0.05) is 6.07 Å². The molecule has 1 N–H and O–H groups in total. The number of nitrogens with one attached hydrogen (secondary N) is 1. The standard InChI is InChI=1S/C14H13N3O3/c1-9-7-13(17-20-9)16-14(18)10(2)19-12-6-4-3-5-11(12)8-15/h3-7,10H,1-2H3,(H,16,17,18)/t10-/m0/s1. The third-order valence-electron chi connectivity index (χ3n) is 2.56. The molecule has 0 fully saturated rings. The molecule has 102 valence electrons. The first-order chi connectivity index (χ1) is 9.60. The van der Waals surface area contributed by atoms with Gasteiger partial charge in [0.05, 0.1) is 5.56 Å². The van der Waals surface area contributed by atoms with Gasteiger partial charge in [-0.1, -0.05) is 17.3 Å². The van der Waals surface area contributed by atoms with Crippen LogP contribution >= 0.6 is 0 Å². The maximum Gasteiger partial charge on any atom is 0.266 e. The third-order valence-corrected chi connectivity index (χ3v) is 2.56. The van der Waals surface area contributed by atoms with Gasteiger partial charge < -0.3 is 14.6 Å². The predicted octanol–water partition coefficient (Wildman–Crippen LogP) is 2.26. The Morgan fingerprint density at radius 2 is 2.25 bits per heavy atom. The number of anilines is 1. The van der Waals surface area contributed by atoms with E-state index < -0.39 is 6.10 Å². The molecule has 0 aliphatic rings. The molecule has 2 rings (SSSR count). The molecule has 1 aromatic heterocycles. The molecule has 1 amide bonds. The number of aromatic nitrogens is 1. The summed E-state index contributed by atoms with van der Waals surface area (Å²) in [5.74, 6) is 0.931. The van der Waals surface area contributed by atoms with Gasteiger partial charge in [-0.25, -0.2) is 0 Å². The highest BCUT2D eigenvalue weighted by Gasteiger charge is 2.17. The van der Waals surface area contributed by atoms with E-state index >= 15 is 0 Å². The first kappa shape index (κ1) is 13.6. The zero-order chi connectivity index (χ0) is 14.5. The molecule has 0 aliphatic carbocycles. The van der Waals surface area contributed by atoms with Crippen LogP contribution in [-0.2, 0) is 4.79 Å².